The summed E-state index contributed by atoms with van der Waals surface area (Å²) < 4.78 is 1.91. The summed E-state index contributed by atoms with van der Waals surface area (Å²) in [6, 6.07) is 20.0. The van der Waals surface area contributed by atoms with Gasteiger partial charge in [0, 0.05) is 28.9 Å². The molecule has 0 saturated carbocycles. The molecule has 1 N–H and O–H groups in total. The van der Waals surface area contributed by atoms with Crippen LogP contribution in [0.1, 0.15) is 22.3 Å². The molecule has 1 aliphatic rings. The second-order valence-corrected chi connectivity index (χ2v) is 8.79. The maximum atomic E-state index is 11.9. The SMILES string of the molecule is OC(Cc1ccc(Cl)cc1)(Cn1ccnc1)c1ccc2c(c1)Cc1cc(Cl)ccc1-2. The Morgan fingerprint density at radius 2 is 1.60 bits per heavy atom. The van der Waals surface area contributed by atoms with Gasteiger partial charge in [-0.05, 0) is 64.1 Å². The number of aromatic nitrogens is 2. The molecule has 5 heteroatoms. The fraction of sp³-hybridized carbons (Fsp3) is 0.160. The number of rotatable bonds is 5. The molecule has 150 valence electrons. The van der Waals surface area contributed by atoms with Crippen LogP contribution in [0.15, 0.2) is 79.4 Å². The van der Waals surface area contributed by atoms with Gasteiger partial charge in [-0.15, -0.1) is 0 Å². The largest absolute Gasteiger partial charge is 0.383 e. The van der Waals surface area contributed by atoms with E-state index in [0.717, 1.165) is 22.6 Å². The lowest BCUT2D eigenvalue weighted by Crippen LogP contribution is -2.33. The molecule has 1 aliphatic carbocycles. The molecule has 0 amide bonds. The lowest BCUT2D eigenvalue weighted by molar-refractivity contribution is 0.0185. The van der Waals surface area contributed by atoms with E-state index < -0.39 is 5.60 Å². The molecular weight excluding hydrogens is 415 g/mol. The molecule has 1 atom stereocenters. The Bertz CT molecular complexity index is 1200. The Labute approximate surface area is 185 Å². The van der Waals surface area contributed by atoms with Gasteiger partial charge in [0.2, 0.25) is 0 Å². The van der Waals surface area contributed by atoms with E-state index in [1.54, 1.807) is 12.5 Å². The minimum absolute atomic E-state index is 0.410. The van der Waals surface area contributed by atoms with Crippen molar-refractivity contribution < 1.29 is 5.11 Å². The van der Waals surface area contributed by atoms with E-state index >= 15 is 0 Å². The van der Waals surface area contributed by atoms with Crippen LogP contribution in [-0.4, -0.2) is 14.7 Å². The van der Waals surface area contributed by atoms with Crippen LogP contribution in [0.4, 0.5) is 0 Å². The van der Waals surface area contributed by atoms with Crippen LogP contribution in [0.2, 0.25) is 10.0 Å². The van der Waals surface area contributed by atoms with Gasteiger partial charge in [0.05, 0.1) is 12.9 Å². The standard InChI is InChI=1S/C25H20Cl2N2O/c26-21-4-1-17(2-5-21)14-25(30,15-29-10-9-28-16-29)20-3-7-23-18(12-20)11-19-13-22(27)6-8-24(19)23/h1-10,12-13,16,30H,11,14-15H2. The van der Waals surface area contributed by atoms with E-state index in [4.69, 9.17) is 23.2 Å². The van der Waals surface area contributed by atoms with E-state index in [-0.39, 0.29) is 0 Å². The van der Waals surface area contributed by atoms with Crippen LogP contribution in [0.5, 0.6) is 0 Å². The average Bonchev–Trinajstić information content (AvgIpc) is 3.35. The third-order valence-electron chi connectivity index (χ3n) is 5.79. The Kier molecular flexibility index (Phi) is 4.90. The summed E-state index contributed by atoms with van der Waals surface area (Å²) in [7, 11) is 0. The summed E-state index contributed by atoms with van der Waals surface area (Å²) in [6.07, 6.45) is 6.63. The lowest BCUT2D eigenvalue weighted by Gasteiger charge is -2.30. The van der Waals surface area contributed by atoms with Crippen LogP contribution in [0.25, 0.3) is 11.1 Å². The summed E-state index contributed by atoms with van der Waals surface area (Å²) >= 11 is 12.2. The third kappa shape index (κ3) is 3.65. The third-order valence-corrected chi connectivity index (χ3v) is 6.28. The minimum atomic E-state index is -1.09. The molecule has 1 heterocycles. The van der Waals surface area contributed by atoms with E-state index in [1.165, 1.54) is 22.3 Å². The maximum absolute atomic E-state index is 11.9. The molecule has 1 unspecified atom stereocenters. The van der Waals surface area contributed by atoms with Crippen molar-refractivity contribution >= 4 is 23.2 Å². The summed E-state index contributed by atoms with van der Waals surface area (Å²) in [6.45, 7) is 0.410. The highest BCUT2D eigenvalue weighted by atomic mass is 35.5. The normalized spacial score (nSPS) is 14.2. The predicted molar refractivity (Wildman–Crippen MR) is 121 cm³/mol. The molecule has 4 aromatic rings. The van der Waals surface area contributed by atoms with Crippen molar-refractivity contribution in [3.8, 4) is 11.1 Å². The fourth-order valence-corrected chi connectivity index (χ4v) is 4.66. The first-order valence-corrected chi connectivity index (χ1v) is 10.6. The lowest BCUT2D eigenvalue weighted by atomic mass is 9.85. The first kappa shape index (κ1) is 19.4. The van der Waals surface area contributed by atoms with Crippen molar-refractivity contribution in [2.45, 2.75) is 25.0 Å². The fourth-order valence-electron chi connectivity index (χ4n) is 4.34. The highest BCUT2D eigenvalue weighted by Gasteiger charge is 2.32. The van der Waals surface area contributed by atoms with Gasteiger partial charge >= 0.3 is 0 Å². The second-order valence-electron chi connectivity index (χ2n) is 7.92. The molecule has 0 spiro atoms. The average molecular weight is 435 g/mol. The zero-order valence-electron chi connectivity index (χ0n) is 16.2. The molecular formula is C25H20Cl2N2O. The smallest absolute Gasteiger partial charge is 0.111 e. The van der Waals surface area contributed by atoms with Crippen molar-refractivity contribution in [3.05, 3.63) is 112 Å². The quantitative estimate of drug-likeness (QED) is 0.374. The molecule has 3 aromatic carbocycles. The van der Waals surface area contributed by atoms with Gasteiger partial charge in [0.25, 0.3) is 0 Å². The molecule has 30 heavy (non-hydrogen) atoms. The molecule has 0 bridgehead atoms. The summed E-state index contributed by atoms with van der Waals surface area (Å²) in [4.78, 5) is 4.13. The van der Waals surface area contributed by atoms with Crippen LogP contribution in [-0.2, 0) is 25.0 Å². The highest BCUT2D eigenvalue weighted by Crippen LogP contribution is 2.40. The molecule has 1 aromatic heterocycles. The van der Waals surface area contributed by atoms with Crippen LogP contribution >= 0.6 is 23.2 Å². The maximum Gasteiger partial charge on any atom is 0.111 e. The number of hydrogen-bond acceptors (Lipinski definition) is 2. The van der Waals surface area contributed by atoms with Gasteiger partial charge in [-0.2, -0.15) is 0 Å². The van der Waals surface area contributed by atoms with E-state index in [2.05, 4.69) is 23.2 Å². The van der Waals surface area contributed by atoms with Crippen molar-refractivity contribution in [3.63, 3.8) is 0 Å². The topological polar surface area (TPSA) is 38.0 Å². The number of fused-ring (bicyclic) bond motifs is 3. The van der Waals surface area contributed by atoms with E-state index in [1.807, 2.05) is 53.2 Å². The Hall–Kier alpha value is -2.59. The number of nitrogens with zero attached hydrogens (tertiary/aromatic N) is 2. The number of hydrogen-bond donors (Lipinski definition) is 1. The Morgan fingerprint density at radius 1 is 0.900 bits per heavy atom. The van der Waals surface area contributed by atoms with Gasteiger partial charge in [0.1, 0.15) is 5.60 Å². The highest BCUT2D eigenvalue weighted by molar-refractivity contribution is 6.31. The van der Waals surface area contributed by atoms with Crippen molar-refractivity contribution in [2.24, 2.45) is 0 Å². The Balaban J connectivity index is 1.54. The number of halogens is 2. The van der Waals surface area contributed by atoms with E-state index in [0.29, 0.717) is 18.0 Å². The van der Waals surface area contributed by atoms with Gasteiger partial charge in [0.15, 0.2) is 0 Å². The summed E-state index contributed by atoms with van der Waals surface area (Å²) in [5.41, 5.74) is 5.70. The monoisotopic (exact) mass is 434 g/mol. The minimum Gasteiger partial charge on any atom is -0.383 e. The van der Waals surface area contributed by atoms with Gasteiger partial charge in [-0.3, -0.25) is 0 Å². The van der Waals surface area contributed by atoms with Crippen LogP contribution in [0.3, 0.4) is 0 Å². The molecule has 0 radical (unpaired) electrons. The molecule has 0 fully saturated rings. The molecule has 0 aliphatic heterocycles. The molecule has 0 saturated heterocycles. The summed E-state index contributed by atoms with van der Waals surface area (Å²) in [5, 5.41) is 13.3. The van der Waals surface area contributed by atoms with Crippen molar-refractivity contribution in [1.29, 1.82) is 0 Å². The zero-order chi connectivity index (χ0) is 20.7. The zero-order valence-corrected chi connectivity index (χ0v) is 17.7. The number of imidazole rings is 1. The van der Waals surface area contributed by atoms with Crippen molar-refractivity contribution in [2.75, 3.05) is 0 Å². The van der Waals surface area contributed by atoms with Crippen LogP contribution in [0, 0.1) is 0 Å². The molecule has 3 nitrogen and oxygen atoms in total. The summed E-state index contributed by atoms with van der Waals surface area (Å²) in [5.74, 6) is 0. The first-order valence-electron chi connectivity index (χ1n) is 9.85. The number of aliphatic hydroxyl groups is 1. The second kappa shape index (κ2) is 7.59. The van der Waals surface area contributed by atoms with Gasteiger partial charge in [-0.25, -0.2) is 4.98 Å². The van der Waals surface area contributed by atoms with Crippen molar-refractivity contribution in [1.82, 2.24) is 9.55 Å². The number of benzene rings is 3. The van der Waals surface area contributed by atoms with Crippen LogP contribution < -0.4 is 0 Å². The van der Waals surface area contributed by atoms with E-state index in [9.17, 15) is 5.11 Å². The van der Waals surface area contributed by atoms with Gasteiger partial charge < -0.3 is 9.67 Å². The predicted octanol–water partition coefficient (Wildman–Crippen LogP) is 5.89. The van der Waals surface area contributed by atoms with Gasteiger partial charge in [-0.1, -0.05) is 59.6 Å². The first-order chi connectivity index (χ1) is 14.5. The Morgan fingerprint density at radius 3 is 2.33 bits per heavy atom. The molecule has 5 rings (SSSR count).